The van der Waals surface area contributed by atoms with Crippen LogP contribution in [0.25, 0.3) is 0 Å². The Morgan fingerprint density at radius 1 is 0.596 bits per heavy atom. The van der Waals surface area contributed by atoms with Crippen molar-refractivity contribution in [3.05, 3.63) is 104 Å². The predicted molar refractivity (Wildman–Crippen MR) is 207 cm³/mol. The Bertz CT molecular complexity index is 2450. The van der Waals surface area contributed by atoms with Gasteiger partial charge in [0.2, 0.25) is 9.84 Å². The van der Waals surface area contributed by atoms with Crippen LogP contribution < -0.4 is 22.9 Å². The van der Waals surface area contributed by atoms with Crippen LogP contribution in [-0.2, 0) is 29.5 Å². The summed E-state index contributed by atoms with van der Waals surface area (Å²) in [5.41, 5.74) is 21.7. The van der Waals surface area contributed by atoms with Gasteiger partial charge < -0.3 is 22.9 Å². The largest absolute Gasteiger partial charge is 0.370 e. The van der Waals surface area contributed by atoms with E-state index >= 15 is 0 Å². The number of amides is 2. The fraction of sp³-hybridized carbons (Fsp3) is 0.125. The summed E-state index contributed by atoms with van der Waals surface area (Å²) in [7, 11) is -11.7. The minimum atomic E-state index is -4.15. The van der Waals surface area contributed by atoms with Crippen molar-refractivity contribution in [3.8, 4) is 0 Å². The minimum absolute atomic E-state index is 0.0557. The molecule has 0 aliphatic heterocycles. The topological polar surface area (TPSA) is 265 Å². The Labute approximate surface area is 322 Å². The van der Waals surface area contributed by atoms with Crippen LogP contribution in [0.4, 0.5) is 0 Å². The lowest BCUT2D eigenvalue weighted by Gasteiger charge is -2.13. The van der Waals surface area contributed by atoms with Gasteiger partial charge in [-0.3, -0.25) is 9.59 Å². The van der Waals surface area contributed by atoms with E-state index in [9.17, 15) is 34.8 Å². The van der Waals surface area contributed by atoms with E-state index in [1.54, 1.807) is 13.0 Å². The number of carbonyl (C=O) groups is 2. The van der Waals surface area contributed by atoms with Gasteiger partial charge in [0, 0.05) is 42.4 Å². The van der Waals surface area contributed by atoms with Crippen molar-refractivity contribution in [2.45, 2.75) is 43.2 Å². The van der Waals surface area contributed by atoms with Gasteiger partial charge in [-0.25, -0.2) is 25.3 Å². The first-order valence-electron chi connectivity index (χ1n) is 14.3. The molecule has 0 aliphatic carbocycles. The summed E-state index contributed by atoms with van der Waals surface area (Å²) in [6.45, 7) is 3.16. The SMILES string of the molecule is Cc1cc(S(=O)(=O)c2ccc(Br)cc2)c(S(C)(=O)=O)cc1C(=O)N=C(N)N.Cc1cc(Sc2ccc(Br)cc2)c(S(C)(=O)=O)cc1C(=O)N=C(N)N. The van der Waals surface area contributed by atoms with E-state index in [0.717, 1.165) is 34.0 Å². The predicted octanol–water partition coefficient (Wildman–Crippen LogP) is 4.13. The standard InChI is InChI=1S/C16H16BrN3O5S2.C16H16BrN3O3S2/c1-9-7-14(27(24,25)11-5-3-10(17)4-6-11)13(26(2,22)23)8-12(9)15(21)20-16(18)19;1-9-7-13(24-11-5-3-10(17)4-6-11)14(25(2,22)23)8-12(9)15(21)20-16(18)19/h3-8H,1-2H3,(H4,18,19,20,21);3-8H,1-2H3,(H4,18,19,20,21). The normalized spacial score (nSPS) is 11.5. The smallest absolute Gasteiger partial charge is 0.280 e. The first kappa shape index (κ1) is 42.3. The van der Waals surface area contributed by atoms with Crippen LogP contribution >= 0.6 is 43.6 Å². The number of nitrogens with zero attached hydrogens (tertiary/aromatic N) is 2. The van der Waals surface area contributed by atoms with E-state index in [1.165, 1.54) is 49.0 Å². The number of sulfone groups is 3. The highest BCUT2D eigenvalue weighted by Gasteiger charge is 2.28. The van der Waals surface area contributed by atoms with Crippen LogP contribution in [0.2, 0.25) is 0 Å². The molecule has 0 saturated carbocycles. The summed E-state index contributed by atoms with van der Waals surface area (Å²) in [5.74, 6) is -2.42. The van der Waals surface area contributed by atoms with Gasteiger partial charge in [0.15, 0.2) is 31.6 Å². The molecule has 0 unspecified atom stereocenters. The van der Waals surface area contributed by atoms with E-state index in [4.69, 9.17) is 22.9 Å². The molecule has 8 N–H and O–H groups in total. The second-order valence-electron chi connectivity index (χ2n) is 11.0. The Hall–Kier alpha value is -4.08. The number of halogens is 2. The first-order chi connectivity index (χ1) is 23.9. The zero-order chi connectivity index (χ0) is 39.3. The Morgan fingerprint density at radius 3 is 1.42 bits per heavy atom. The van der Waals surface area contributed by atoms with Crippen LogP contribution in [0.15, 0.2) is 121 Å². The summed E-state index contributed by atoms with van der Waals surface area (Å²) < 4.78 is 76.4. The third-order valence-electron chi connectivity index (χ3n) is 6.76. The third kappa shape index (κ3) is 11.0. The van der Waals surface area contributed by atoms with Crippen molar-refractivity contribution >= 4 is 96.9 Å². The molecule has 0 heterocycles. The molecule has 4 aromatic carbocycles. The monoisotopic (exact) mass is 914 g/mol. The van der Waals surface area contributed by atoms with Crippen LogP contribution in [0.5, 0.6) is 0 Å². The highest BCUT2D eigenvalue weighted by Crippen LogP contribution is 2.36. The van der Waals surface area contributed by atoms with Crippen molar-refractivity contribution in [2.24, 2.45) is 32.9 Å². The van der Waals surface area contributed by atoms with E-state index < -0.39 is 57.1 Å². The lowest BCUT2D eigenvalue weighted by Crippen LogP contribution is -2.24. The average Bonchev–Trinajstić information content (AvgIpc) is 3.00. The van der Waals surface area contributed by atoms with Gasteiger partial charge in [-0.1, -0.05) is 43.6 Å². The lowest BCUT2D eigenvalue weighted by molar-refractivity contribution is 0.0993. The number of nitrogens with two attached hydrogens (primary N) is 4. The first-order valence-corrected chi connectivity index (χ1v) is 22.0. The molecule has 0 aromatic heterocycles. The maximum Gasteiger partial charge on any atom is 0.280 e. The number of aliphatic imine (C=N–C) groups is 2. The highest BCUT2D eigenvalue weighted by atomic mass is 79.9. The zero-order valence-electron chi connectivity index (χ0n) is 27.8. The summed E-state index contributed by atoms with van der Waals surface area (Å²) in [5, 5.41) is 0. The molecular weight excluding hydrogens is 884 g/mol. The lowest BCUT2D eigenvalue weighted by atomic mass is 10.1. The molecule has 20 heteroatoms. The van der Waals surface area contributed by atoms with Gasteiger partial charge in [0.05, 0.1) is 19.6 Å². The second kappa shape index (κ2) is 16.7. The molecule has 14 nitrogen and oxygen atoms in total. The summed E-state index contributed by atoms with van der Waals surface area (Å²) in [6, 6.07) is 18.3. The van der Waals surface area contributed by atoms with Crippen molar-refractivity contribution in [2.75, 3.05) is 12.5 Å². The molecule has 0 fully saturated rings. The molecule has 0 atom stereocenters. The number of aryl methyl sites for hydroxylation is 2. The van der Waals surface area contributed by atoms with Crippen molar-refractivity contribution in [3.63, 3.8) is 0 Å². The Morgan fingerprint density at radius 2 is 1.00 bits per heavy atom. The quantitative estimate of drug-likeness (QED) is 0.143. The molecule has 2 amide bonds. The fourth-order valence-electron chi connectivity index (χ4n) is 4.38. The van der Waals surface area contributed by atoms with Gasteiger partial charge in [-0.05, 0) is 97.8 Å². The van der Waals surface area contributed by atoms with E-state index in [0.29, 0.717) is 14.9 Å². The maximum absolute atomic E-state index is 13.0. The van der Waals surface area contributed by atoms with Crippen LogP contribution in [0.3, 0.4) is 0 Å². The molecule has 4 aromatic rings. The number of carbonyl (C=O) groups excluding carboxylic acids is 2. The Kier molecular flexibility index (Phi) is 13.6. The third-order valence-corrected chi connectivity index (χ3v) is 13.2. The zero-order valence-corrected chi connectivity index (χ0v) is 34.2. The maximum atomic E-state index is 13.0. The molecule has 52 heavy (non-hydrogen) atoms. The fourth-order valence-corrected chi connectivity index (χ4v) is 10.1. The van der Waals surface area contributed by atoms with Gasteiger partial charge in [0.1, 0.15) is 0 Å². The molecule has 4 rings (SSSR count). The molecule has 0 aliphatic rings. The molecule has 276 valence electrons. The summed E-state index contributed by atoms with van der Waals surface area (Å²) in [6.07, 6.45) is 1.95. The Balaban J connectivity index is 0.000000281. The van der Waals surface area contributed by atoms with E-state index in [1.807, 2.05) is 24.3 Å². The number of hydrogen-bond donors (Lipinski definition) is 4. The highest BCUT2D eigenvalue weighted by molar-refractivity contribution is 9.10. The number of guanidine groups is 2. The van der Waals surface area contributed by atoms with Crippen LogP contribution in [0, 0.1) is 13.8 Å². The van der Waals surface area contributed by atoms with Crippen LogP contribution in [-0.4, -0.2) is 61.5 Å². The number of benzene rings is 4. The molecule has 0 spiro atoms. The number of rotatable bonds is 8. The molecular formula is C32H32Br2N6O8S4. The van der Waals surface area contributed by atoms with E-state index in [2.05, 4.69) is 41.8 Å². The molecule has 0 radical (unpaired) electrons. The molecule has 0 bridgehead atoms. The van der Waals surface area contributed by atoms with Gasteiger partial charge in [0.25, 0.3) is 11.8 Å². The summed E-state index contributed by atoms with van der Waals surface area (Å²) >= 11 is 7.87. The minimum Gasteiger partial charge on any atom is -0.370 e. The average molecular weight is 917 g/mol. The molecule has 0 saturated heterocycles. The van der Waals surface area contributed by atoms with Crippen molar-refractivity contribution in [1.82, 2.24) is 0 Å². The van der Waals surface area contributed by atoms with E-state index in [-0.39, 0.29) is 32.4 Å². The van der Waals surface area contributed by atoms with Crippen LogP contribution in [0.1, 0.15) is 31.8 Å². The number of hydrogen-bond acceptors (Lipinski definition) is 9. The summed E-state index contributed by atoms with van der Waals surface area (Å²) in [4.78, 5) is 31.5. The van der Waals surface area contributed by atoms with Gasteiger partial charge in [-0.15, -0.1) is 0 Å². The van der Waals surface area contributed by atoms with Gasteiger partial charge >= 0.3 is 0 Å². The second-order valence-corrected chi connectivity index (χ2v) is 19.8. The van der Waals surface area contributed by atoms with Crippen molar-refractivity contribution < 1.29 is 34.8 Å². The van der Waals surface area contributed by atoms with Gasteiger partial charge in [-0.2, -0.15) is 9.98 Å². The van der Waals surface area contributed by atoms with Crippen molar-refractivity contribution in [1.29, 1.82) is 0 Å².